The molecule has 106 valence electrons. The molecule has 4 N–H and O–H groups in total. The average molecular weight is 258 g/mol. The van der Waals surface area contributed by atoms with Gasteiger partial charge >= 0.3 is 5.97 Å². The number of carboxylic acids is 1. The van der Waals surface area contributed by atoms with E-state index in [0.29, 0.717) is 6.42 Å². The van der Waals surface area contributed by atoms with Gasteiger partial charge in [-0.1, -0.05) is 34.6 Å². The van der Waals surface area contributed by atoms with E-state index in [1.165, 1.54) is 0 Å². The first-order chi connectivity index (χ1) is 8.03. The smallest absolute Gasteiger partial charge is 0.305 e. The van der Waals surface area contributed by atoms with Crippen molar-refractivity contribution < 1.29 is 14.7 Å². The fourth-order valence-corrected chi connectivity index (χ4v) is 1.72. The molecule has 1 amide bonds. The van der Waals surface area contributed by atoms with Crippen molar-refractivity contribution in [1.29, 1.82) is 0 Å². The normalized spacial score (nSPS) is 15.3. The number of hydrogen-bond donors (Lipinski definition) is 3. The lowest BCUT2D eigenvalue weighted by molar-refractivity contribution is -0.138. The molecule has 0 radical (unpaired) electrons. The topological polar surface area (TPSA) is 92.4 Å². The number of amides is 1. The average Bonchev–Trinajstić information content (AvgIpc) is 2.11. The minimum absolute atomic E-state index is 0.0325. The minimum Gasteiger partial charge on any atom is -0.481 e. The molecule has 0 aromatic heterocycles. The molecule has 0 bridgehead atoms. The van der Waals surface area contributed by atoms with Crippen LogP contribution in [0.15, 0.2) is 0 Å². The maximum atomic E-state index is 11.8. The molecule has 0 fully saturated rings. The third-order valence-electron chi connectivity index (χ3n) is 2.65. The minimum atomic E-state index is -0.914. The van der Waals surface area contributed by atoms with Crippen molar-refractivity contribution in [3.8, 4) is 0 Å². The van der Waals surface area contributed by atoms with Crippen LogP contribution in [0.2, 0.25) is 0 Å². The first-order valence-electron chi connectivity index (χ1n) is 6.30. The van der Waals surface area contributed by atoms with E-state index < -0.39 is 12.0 Å². The van der Waals surface area contributed by atoms with Crippen LogP contribution in [0.25, 0.3) is 0 Å². The molecule has 18 heavy (non-hydrogen) atoms. The zero-order valence-electron chi connectivity index (χ0n) is 12.0. The second-order valence-corrected chi connectivity index (χ2v) is 6.34. The van der Waals surface area contributed by atoms with Crippen molar-refractivity contribution in [1.82, 2.24) is 5.32 Å². The van der Waals surface area contributed by atoms with Crippen molar-refractivity contribution in [3.63, 3.8) is 0 Å². The Morgan fingerprint density at radius 1 is 1.28 bits per heavy atom. The van der Waals surface area contributed by atoms with Gasteiger partial charge in [0.1, 0.15) is 0 Å². The highest BCUT2D eigenvalue weighted by Crippen LogP contribution is 2.22. The van der Waals surface area contributed by atoms with Gasteiger partial charge in [-0.25, -0.2) is 0 Å². The van der Waals surface area contributed by atoms with Crippen LogP contribution < -0.4 is 11.1 Å². The molecule has 0 aliphatic carbocycles. The van der Waals surface area contributed by atoms with E-state index in [1.807, 2.05) is 34.6 Å². The number of carbonyl (C=O) groups is 2. The highest BCUT2D eigenvalue weighted by molar-refractivity contribution is 5.82. The van der Waals surface area contributed by atoms with Gasteiger partial charge < -0.3 is 16.2 Å². The zero-order chi connectivity index (χ0) is 14.5. The van der Waals surface area contributed by atoms with Gasteiger partial charge in [0.2, 0.25) is 5.91 Å². The highest BCUT2D eigenvalue weighted by atomic mass is 16.4. The monoisotopic (exact) mass is 258 g/mol. The van der Waals surface area contributed by atoms with E-state index in [9.17, 15) is 9.59 Å². The zero-order valence-corrected chi connectivity index (χ0v) is 12.0. The Morgan fingerprint density at radius 2 is 1.78 bits per heavy atom. The van der Waals surface area contributed by atoms with Crippen molar-refractivity contribution >= 4 is 11.9 Å². The molecule has 5 nitrogen and oxygen atoms in total. The molecule has 0 aliphatic rings. The SMILES string of the molecule is CC(C)[C@@H](N)C(=O)NC(CC(=O)O)CC(C)(C)C. The standard InChI is InChI=1S/C13H26N2O3/c1-8(2)11(14)12(18)15-9(6-10(16)17)7-13(3,4)5/h8-9,11H,6-7,14H2,1-5H3,(H,15,18)(H,16,17)/t9?,11-/m1/s1. The summed E-state index contributed by atoms with van der Waals surface area (Å²) in [5, 5.41) is 11.6. The Hall–Kier alpha value is -1.10. The molecule has 0 aliphatic heterocycles. The van der Waals surface area contributed by atoms with Crippen molar-refractivity contribution in [2.45, 2.75) is 59.5 Å². The number of hydrogen-bond acceptors (Lipinski definition) is 3. The first kappa shape index (κ1) is 16.9. The highest BCUT2D eigenvalue weighted by Gasteiger charge is 2.25. The summed E-state index contributed by atoms with van der Waals surface area (Å²) in [6, 6.07) is -0.971. The van der Waals surface area contributed by atoms with E-state index in [2.05, 4.69) is 5.32 Å². The van der Waals surface area contributed by atoms with Gasteiger partial charge in [0.15, 0.2) is 0 Å². The Bertz CT molecular complexity index is 295. The molecule has 1 unspecified atom stereocenters. The molecular formula is C13H26N2O3. The number of aliphatic carboxylic acids is 1. The number of carboxylic acid groups (broad SMARTS) is 1. The quantitative estimate of drug-likeness (QED) is 0.671. The van der Waals surface area contributed by atoms with Crippen molar-refractivity contribution in [3.05, 3.63) is 0 Å². The number of nitrogens with one attached hydrogen (secondary N) is 1. The van der Waals surface area contributed by atoms with Gasteiger partial charge in [-0.3, -0.25) is 9.59 Å². The predicted molar refractivity (Wildman–Crippen MR) is 71.1 cm³/mol. The third kappa shape index (κ3) is 7.27. The fourth-order valence-electron chi connectivity index (χ4n) is 1.72. The van der Waals surface area contributed by atoms with Crippen LogP contribution in [-0.4, -0.2) is 29.1 Å². The third-order valence-corrected chi connectivity index (χ3v) is 2.65. The van der Waals surface area contributed by atoms with E-state index in [4.69, 9.17) is 10.8 Å². The van der Waals surface area contributed by atoms with Crippen LogP contribution in [0.5, 0.6) is 0 Å². The Labute approximate surface area is 109 Å². The Morgan fingerprint density at radius 3 is 2.11 bits per heavy atom. The lowest BCUT2D eigenvalue weighted by atomic mass is 9.86. The van der Waals surface area contributed by atoms with Crippen molar-refractivity contribution in [2.24, 2.45) is 17.1 Å². The summed E-state index contributed by atoms with van der Waals surface area (Å²) < 4.78 is 0. The van der Waals surface area contributed by atoms with E-state index in [-0.39, 0.29) is 29.7 Å². The number of carbonyl (C=O) groups excluding carboxylic acids is 1. The van der Waals surface area contributed by atoms with Crippen LogP contribution in [0.1, 0.15) is 47.5 Å². The van der Waals surface area contributed by atoms with Gasteiger partial charge in [0.25, 0.3) is 0 Å². The van der Waals surface area contributed by atoms with Gasteiger partial charge in [-0.15, -0.1) is 0 Å². The number of rotatable bonds is 6. The molecule has 0 aromatic carbocycles. The van der Waals surface area contributed by atoms with E-state index >= 15 is 0 Å². The second-order valence-electron chi connectivity index (χ2n) is 6.34. The van der Waals surface area contributed by atoms with E-state index in [0.717, 1.165) is 0 Å². The molecule has 0 heterocycles. The van der Waals surface area contributed by atoms with Crippen molar-refractivity contribution in [2.75, 3.05) is 0 Å². The molecular weight excluding hydrogens is 232 g/mol. The lowest BCUT2D eigenvalue weighted by Gasteiger charge is -2.27. The van der Waals surface area contributed by atoms with Crippen LogP contribution in [0.4, 0.5) is 0 Å². The second kappa shape index (κ2) is 6.73. The van der Waals surface area contributed by atoms with Gasteiger partial charge in [0.05, 0.1) is 12.5 Å². The largest absolute Gasteiger partial charge is 0.481 e. The molecule has 0 saturated carbocycles. The van der Waals surface area contributed by atoms with Crippen LogP contribution in [-0.2, 0) is 9.59 Å². The molecule has 0 rings (SSSR count). The van der Waals surface area contributed by atoms with Crippen LogP contribution in [0, 0.1) is 11.3 Å². The Balaban J connectivity index is 4.59. The Kier molecular flexibility index (Phi) is 6.32. The molecule has 2 atom stereocenters. The maximum Gasteiger partial charge on any atom is 0.305 e. The summed E-state index contributed by atoms with van der Waals surface area (Å²) in [5.74, 6) is -1.16. The lowest BCUT2D eigenvalue weighted by Crippen LogP contribution is -2.49. The molecule has 5 heteroatoms. The summed E-state index contributed by atoms with van der Waals surface area (Å²) in [7, 11) is 0. The predicted octanol–water partition coefficient (Wildman–Crippen LogP) is 1.37. The van der Waals surface area contributed by atoms with Crippen LogP contribution in [0.3, 0.4) is 0 Å². The van der Waals surface area contributed by atoms with Crippen LogP contribution >= 0.6 is 0 Å². The van der Waals surface area contributed by atoms with E-state index in [1.54, 1.807) is 0 Å². The summed E-state index contributed by atoms with van der Waals surface area (Å²) in [4.78, 5) is 22.6. The molecule has 0 aromatic rings. The molecule has 0 spiro atoms. The number of nitrogens with two attached hydrogens (primary N) is 1. The van der Waals surface area contributed by atoms with Gasteiger partial charge in [0, 0.05) is 6.04 Å². The summed E-state index contributed by atoms with van der Waals surface area (Å²) in [6.07, 6.45) is 0.531. The summed E-state index contributed by atoms with van der Waals surface area (Å²) in [5.41, 5.74) is 5.70. The maximum absolute atomic E-state index is 11.8. The first-order valence-corrected chi connectivity index (χ1v) is 6.30. The summed E-state index contributed by atoms with van der Waals surface area (Å²) >= 11 is 0. The fraction of sp³-hybridized carbons (Fsp3) is 0.846. The molecule has 0 saturated heterocycles. The van der Waals surface area contributed by atoms with Gasteiger partial charge in [-0.2, -0.15) is 0 Å². The van der Waals surface area contributed by atoms with Gasteiger partial charge in [-0.05, 0) is 17.8 Å². The summed E-state index contributed by atoms with van der Waals surface area (Å²) in [6.45, 7) is 9.75.